The molecule has 3 heteroatoms. The van der Waals surface area contributed by atoms with Gasteiger partial charge in [0.2, 0.25) is 0 Å². The molecule has 23 heavy (non-hydrogen) atoms. The Morgan fingerprint density at radius 2 is 1.43 bits per heavy atom. The maximum absolute atomic E-state index is 10.4. The zero-order valence-corrected chi connectivity index (χ0v) is 15.6. The van der Waals surface area contributed by atoms with Crippen LogP contribution >= 0.6 is 0 Å². The molecule has 4 aliphatic rings. The molecule has 134 valence electrons. The highest BCUT2D eigenvalue weighted by Gasteiger charge is 2.50. The molecular weight excluding hydrogens is 286 g/mol. The normalized spacial score (nSPS) is 37.3. The Kier molecular flexibility index (Phi) is 5.40. The number of nitrogens with zero attached hydrogens (tertiary/aromatic N) is 1. The minimum Gasteiger partial charge on any atom is -0.389 e. The van der Waals surface area contributed by atoms with E-state index in [9.17, 15) is 5.11 Å². The van der Waals surface area contributed by atoms with Crippen molar-refractivity contribution in [1.82, 2.24) is 4.90 Å². The standard InChI is InChI=1S/C20H37NO2/c1-14(2)21(15(3)4)11-19(22)12-23-13-20-8-16-5-17(9-20)7-18(6-16)10-20/h14-19,22H,5-13H2,1-4H3. The summed E-state index contributed by atoms with van der Waals surface area (Å²) in [7, 11) is 0. The highest BCUT2D eigenvalue weighted by molar-refractivity contribution is 5.01. The van der Waals surface area contributed by atoms with Gasteiger partial charge < -0.3 is 9.84 Å². The maximum Gasteiger partial charge on any atom is 0.0900 e. The second kappa shape index (κ2) is 7.01. The topological polar surface area (TPSA) is 32.7 Å². The second-order valence-electron chi connectivity index (χ2n) is 9.47. The summed E-state index contributed by atoms with van der Waals surface area (Å²) in [5, 5.41) is 10.4. The summed E-state index contributed by atoms with van der Waals surface area (Å²) in [6, 6.07) is 0.931. The largest absolute Gasteiger partial charge is 0.389 e. The van der Waals surface area contributed by atoms with Crippen molar-refractivity contribution in [3.05, 3.63) is 0 Å². The van der Waals surface area contributed by atoms with Gasteiger partial charge in [-0.25, -0.2) is 0 Å². The fourth-order valence-corrected chi connectivity index (χ4v) is 6.19. The quantitative estimate of drug-likeness (QED) is 0.739. The molecule has 4 fully saturated rings. The van der Waals surface area contributed by atoms with Crippen LogP contribution in [0.5, 0.6) is 0 Å². The van der Waals surface area contributed by atoms with Crippen LogP contribution in [0.1, 0.15) is 66.2 Å². The first-order valence-corrected chi connectivity index (χ1v) is 9.88. The van der Waals surface area contributed by atoms with Crippen LogP contribution in [0.2, 0.25) is 0 Å². The monoisotopic (exact) mass is 323 g/mol. The number of ether oxygens (including phenoxy) is 1. The summed E-state index contributed by atoms with van der Waals surface area (Å²) in [5.41, 5.74) is 0.463. The second-order valence-corrected chi connectivity index (χ2v) is 9.47. The number of aliphatic hydroxyl groups excluding tert-OH is 1. The van der Waals surface area contributed by atoms with E-state index < -0.39 is 0 Å². The molecule has 4 rings (SSSR count). The summed E-state index contributed by atoms with van der Waals surface area (Å²) >= 11 is 0. The van der Waals surface area contributed by atoms with Crippen LogP contribution < -0.4 is 0 Å². The number of aliphatic hydroxyl groups is 1. The first-order chi connectivity index (χ1) is 10.9. The summed E-state index contributed by atoms with van der Waals surface area (Å²) in [4.78, 5) is 2.35. The molecule has 0 spiro atoms. The first-order valence-electron chi connectivity index (χ1n) is 9.88. The van der Waals surface area contributed by atoms with Crippen LogP contribution in [0.25, 0.3) is 0 Å². The molecular formula is C20H37NO2. The Balaban J connectivity index is 1.44. The molecule has 0 aromatic heterocycles. The van der Waals surface area contributed by atoms with Crippen molar-refractivity contribution in [2.75, 3.05) is 19.8 Å². The molecule has 0 amide bonds. The lowest BCUT2D eigenvalue weighted by Crippen LogP contribution is -2.48. The lowest BCUT2D eigenvalue weighted by Gasteiger charge is -2.56. The van der Waals surface area contributed by atoms with Crippen LogP contribution in [0.4, 0.5) is 0 Å². The van der Waals surface area contributed by atoms with E-state index in [-0.39, 0.29) is 6.10 Å². The number of hydrogen-bond donors (Lipinski definition) is 1. The Morgan fingerprint density at radius 3 is 1.87 bits per heavy atom. The molecule has 0 heterocycles. The van der Waals surface area contributed by atoms with E-state index in [2.05, 4.69) is 32.6 Å². The Bertz CT molecular complexity index is 350. The zero-order chi connectivity index (χ0) is 16.6. The zero-order valence-electron chi connectivity index (χ0n) is 15.6. The Hall–Kier alpha value is -0.120. The number of hydrogen-bond acceptors (Lipinski definition) is 3. The van der Waals surface area contributed by atoms with Crippen molar-refractivity contribution < 1.29 is 9.84 Å². The molecule has 4 aliphatic carbocycles. The third kappa shape index (κ3) is 4.11. The summed E-state index contributed by atoms with van der Waals surface area (Å²) in [6.45, 7) is 10.9. The van der Waals surface area contributed by atoms with E-state index in [4.69, 9.17) is 4.74 Å². The molecule has 4 bridgehead atoms. The minimum atomic E-state index is -0.367. The van der Waals surface area contributed by atoms with Crippen molar-refractivity contribution >= 4 is 0 Å². The molecule has 1 atom stereocenters. The maximum atomic E-state index is 10.4. The number of rotatable bonds is 8. The van der Waals surface area contributed by atoms with Crippen molar-refractivity contribution in [1.29, 1.82) is 0 Å². The van der Waals surface area contributed by atoms with Crippen molar-refractivity contribution in [2.45, 2.75) is 84.4 Å². The molecule has 0 radical (unpaired) electrons. The third-order valence-electron chi connectivity index (χ3n) is 6.63. The van der Waals surface area contributed by atoms with Crippen LogP contribution in [0.3, 0.4) is 0 Å². The predicted molar refractivity (Wildman–Crippen MR) is 94.4 cm³/mol. The van der Waals surface area contributed by atoms with Crippen molar-refractivity contribution in [3.63, 3.8) is 0 Å². The first kappa shape index (κ1) is 17.7. The van der Waals surface area contributed by atoms with Crippen LogP contribution in [0.15, 0.2) is 0 Å². The fraction of sp³-hybridized carbons (Fsp3) is 1.00. The van der Waals surface area contributed by atoms with Gasteiger partial charge in [-0.15, -0.1) is 0 Å². The molecule has 0 aliphatic heterocycles. The lowest BCUT2D eigenvalue weighted by molar-refractivity contribution is -0.107. The van der Waals surface area contributed by atoms with Crippen LogP contribution in [-0.4, -0.2) is 48.0 Å². The van der Waals surface area contributed by atoms with E-state index >= 15 is 0 Å². The van der Waals surface area contributed by atoms with Crippen molar-refractivity contribution in [2.24, 2.45) is 23.2 Å². The van der Waals surface area contributed by atoms with Gasteiger partial charge in [0.25, 0.3) is 0 Å². The van der Waals surface area contributed by atoms with Gasteiger partial charge in [-0.2, -0.15) is 0 Å². The summed E-state index contributed by atoms with van der Waals surface area (Å²) < 4.78 is 6.06. The molecule has 3 nitrogen and oxygen atoms in total. The molecule has 0 aromatic rings. The van der Waals surface area contributed by atoms with E-state index in [0.717, 1.165) is 30.9 Å². The van der Waals surface area contributed by atoms with E-state index in [1.807, 2.05) is 0 Å². The van der Waals surface area contributed by atoms with Gasteiger partial charge in [0.05, 0.1) is 19.3 Å². The van der Waals surface area contributed by atoms with Gasteiger partial charge in [-0.1, -0.05) is 0 Å². The molecule has 4 saturated carbocycles. The fourth-order valence-electron chi connectivity index (χ4n) is 6.19. The van der Waals surface area contributed by atoms with E-state index in [1.165, 1.54) is 38.5 Å². The summed E-state index contributed by atoms with van der Waals surface area (Å²) in [5.74, 6) is 2.94. The van der Waals surface area contributed by atoms with Gasteiger partial charge in [0.15, 0.2) is 0 Å². The van der Waals surface area contributed by atoms with Gasteiger partial charge in [-0.3, -0.25) is 4.90 Å². The Labute approximate surface area is 142 Å². The minimum absolute atomic E-state index is 0.367. The lowest BCUT2D eigenvalue weighted by atomic mass is 9.50. The smallest absolute Gasteiger partial charge is 0.0900 e. The van der Waals surface area contributed by atoms with Gasteiger partial charge >= 0.3 is 0 Å². The van der Waals surface area contributed by atoms with Crippen molar-refractivity contribution in [3.8, 4) is 0 Å². The molecule has 1 N–H and O–H groups in total. The van der Waals surface area contributed by atoms with Crippen LogP contribution in [-0.2, 0) is 4.74 Å². The molecule has 0 aromatic carbocycles. The Morgan fingerprint density at radius 1 is 0.957 bits per heavy atom. The van der Waals surface area contributed by atoms with Gasteiger partial charge in [-0.05, 0) is 89.4 Å². The van der Waals surface area contributed by atoms with E-state index in [1.54, 1.807) is 0 Å². The molecule has 1 unspecified atom stereocenters. The third-order valence-corrected chi connectivity index (χ3v) is 6.63. The van der Waals surface area contributed by atoms with Crippen LogP contribution in [0, 0.1) is 23.2 Å². The molecule has 0 saturated heterocycles. The summed E-state index contributed by atoms with van der Waals surface area (Å²) in [6.07, 6.45) is 8.25. The predicted octanol–water partition coefficient (Wildman–Crippen LogP) is 3.70. The van der Waals surface area contributed by atoms with Gasteiger partial charge in [0, 0.05) is 18.6 Å². The van der Waals surface area contributed by atoms with Gasteiger partial charge in [0.1, 0.15) is 0 Å². The highest BCUT2D eigenvalue weighted by Crippen LogP contribution is 2.60. The average molecular weight is 324 g/mol. The average Bonchev–Trinajstić information content (AvgIpc) is 2.42. The highest BCUT2D eigenvalue weighted by atomic mass is 16.5. The van der Waals surface area contributed by atoms with E-state index in [0.29, 0.717) is 24.1 Å². The SMILES string of the molecule is CC(C)N(CC(O)COCC12CC3CC(CC(C3)C1)C2)C(C)C.